The average molecular weight is 392 g/mol. The van der Waals surface area contributed by atoms with Crippen molar-refractivity contribution >= 4 is 34.2 Å². The number of thioether (sulfide) groups is 1. The first-order chi connectivity index (χ1) is 13.0. The van der Waals surface area contributed by atoms with Crippen molar-refractivity contribution in [2.24, 2.45) is 10.7 Å². The van der Waals surface area contributed by atoms with Crippen LogP contribution in [0.15, 0.2) is 23.2 Å². The molecular formula is C20H33N5OS. The first-order valence-corrected chi connectivity index (χ1v) is 10.7. The molecule has 0 aliphatic carbocycles. The van der Waals surface area contributed by atoms with Crippen molar-refractivity contribution in [3.05, 3.63) is 23.8 Å². The van der Waals surface area contributed by atoms with Crippen LogP contribution in [0.2, 0.25) is 0 Å². The maximum Gasteiger partial charge on any atom is 0.259 e. The molecule has 2 rings (SSSR count). The molecule has 2 unspecified atom stereocenters. The molecule has 1 aliphatic rings. The fraction of sp³-hybridized carbons (Fsp3) is 0.600. The summed E-state index contributed by atoms with van der Waals surface area (Å²) in [5.41, 5.74) is 8.00. The van der Waals surface area contributed by atoms with Gasteiger partial charge in [0.05, 0.1) is 11.6 Å². The lowest BCUT2D eigenvalue weighted by Gasteiger charge is -2.14. The number of amides is 1. The van der Waals surface area contributed by atoms with E-state index in [0.717, 1.165) is 37.3 Å². The van der Waals surface area contributed by atoms with Crippen LogP contribution in [0.25, 0.3) is 0 Å². The fourth-order valence-corrected chi connectivity index (χ4v) is 3.88. The van der Waals surface area contributed by atoms with E-state index in [1.807, 2.05) is 25.2 Å². The molecule has 6 nitrogen and oxygen atoms in total. The average Bonchev–Trinajstić information content (AvgIpc) is 2.97. The summed E-state index contributed by atoms with van der Waals surface area (Å²) >= 11 is 1.62. The molecule has 0 saturated heterocycles. The number of carbonyl (C=O) groups is 1. The number of carbonyl (C=O) groups excluding carboxylic acids is 1. The lowest BCUT2D eigenvalue weighted by atomic mass is 10.1. The van der Waals surface area contributed by atoms with Crippen LogP contribution in [-0.4, -0.2) is 42.5 Å². The predicted molar refractivity (Wildman–Crippen MR) is 118 cm³/mol. The van der Waals surface area contributed by atoms with Gasteiger partial charge in [0, 0.05) is 30.2 Å². The van der Waals surface area contributed by atoms with Crippen LogP contribution >= 0.6 is 11.8 Å². The minimum atomic E-state index is -0.115. The Bertz CT molecular complexity index is 649. The van der Waals surface area contributed by atoms with Gasteiger partial charge in [-0.2, -0.15) is 0 Å². The van der Waals surface area contributed by atoms with Crippen molar-refractivity contribution in [3.8, 4) is 0 Å². The summed E-state index contributed by atoms with van der Waals surface area (Å²) in [6.07, 6.45) is 5.74. The molecule has 2 atom stereocenters. The summed E-state index contributed by atoms with van der Waals surface area (Å²) in [6.45, 7) is 5.81. The summed E-state index contributed by atoms with van der Waals surface area (Å²) in [5, 5.41) is 10.6. The van der Waals surface area contributed by atoms with Gasteiger partial charge in [0.2, 0.25) is 0 Å². The van der Waals surface area contributed by atoms with Crippen LogP contribution in [0.5, 0.6) is 0 Å². The van der Waals surface area contributed by atoms with E-state index in [0.29, 0.717) is 16.0 Å². The summed E-state index contributed by atoms with van der Waals surface area (Å²) in [5.74, 6) is -0.115. The number of nitrogens with zero attached hydrogens (tertiary/aromatic N) is 1. The number of amidine groups is 1. The molecule has 0 spiro atoms. The minimum absolute atomic E-state index is 0.115. The van der Waals surface area contributed by atoms with E-state index in [-0.39, 0.29) is 11.9 Å². The molecule has 1 heterocycles. The zero-order valence-corrected chi connectivity index (χ0v) is 17.5. The first-order valence-electron chi connectivity index (χ1n) is 9.86. The van der Waals surface area contributed by atoms with Gasteiger partial charge in [-0.05, 0) is 44.5 Å². The first kappa shape index (κ1) is 21.6. The highest BCUT2D eigenvalue weighted by atomic mass is 32.2. The van der Waals surface area contributed by atoms with Gasteiger partial charge in [-0.25, -0.2) is 0 Å². The molecule has 0 aromatic heterocycles. The molecule has 1 aliphatic heterocycles. The molecular weight excluding hydrogens is 358 g/mol. The number of benzene rings is 1. The Hall–Kier alpha value is -1.73. The van der Waals surface area contributed by atoms with Crippen molar-refractivity contribution in [1.29, 1.82) is 0 Å². The predicted octanol–water partition coefficient (Wildman–Crippen LogP) is 3.66. The molecule has 0 bridgehead atoms. The molecule has 0 radical (unpaired) electrons. The van der Waals surface area contributed by atoms with Crippen LogP contribution in [0.1, 0.15) is 56.3 Å². The zero-order chi connectivity index (χ0) is 19.6. The minimum Gasteiger partial charge on any atom is -0.388 e. The second-order valence-electron chi connectivity index (χ2n) is 6.95. The molecule has 7 heteroatoms. The van der Waals surface area contributed by atoms with Crippen molar-refractivity contribution in [3.63, 3.8) is 0 Å². The summed E-state index contributed by atoms with van der Waals surface area (Å²) in [7, 11) is 1.88. The highest BCUT2D eigenvalue weighted by Gasteiger charge is 2.24. The number of nitrogens with one attached hydrogen (secondary N) is 3. The van der Waals surface area contributed by atoms with Crippen LogP contribution in [0, 0.1) is 0 Å². The van der Waals surface area contributed by atoms with E-state index in [2.05, 4.69) is 34.8 Å². The Balaban J connectivity index is 1.94. The second-order valence-corrected chi connectivity index (χ2v) is 8.31. The Kier molecular flexibility index (Phi) is 8.94. The van der Waals surface area contributed by atoms with Crippen LogP contribution in [-0.2, 0) is 0 Å². The third-order valence-electron chi connectivity index (χ3n) is 4.77. The standard InChI is InChI=1S/C20H33N5OS/c1-14-15(2)27-20(24-14)25-19(26)17-10-9-16(22-3)13-18(17)23-12-8-6-4-5-7-11-21/h9-10,13-15,22-23H,4-8,11-12,21H2,1-3H3,(H,24,25,26). The number of aliphatic imine (C=N–C) groups is 1. The van der Waals surface area contributed by atoms with Gasteiger partial charge in [-0.15, -0.1) is 0 Å². The topological polar surface area (TPSA) is 91.5 Å². The van der Waals surface area contributed by atoms with E-state index < -0.39 is 0 Å². The molecule has 0 saturated carbocycles. The Labute approximate surface area is 167 Å². The molecule has 150 valence electrons. The van der Waals surface area contributed by atoms with E-state index in [4.69, 9.17) is 5.73 Å². The van der Waals surface area contributed by atoms with E-state index in [9.17, 15) is 4.79 Å². The maximum atomic E-state index is 12.8. The van der Waals surface area contributed by atoms with Crippen molar-refractivity contribution in [2.45, 2.75) is 57.2 Å². The Morgan fingerprint density at radius 3 is 2.59 bits per heavy atom. The summed E-state index contributed by atoms with van der Waals surface area (Å²) in [6, 6.07) is 5.99. The van der Waals surface area contributed by atoms with Crippen molar-refractivity contribution in [2.75, 3.05) is 30.8 Å². The van der Waals surface area contributed by atoms with Crippen LogP contribution in [0.4, 0.5) is 11.4 Å². The number of hydrogen-bond donors (Lipinski definition) is 4. The van der Waals surface area contributed by atoms with Gasteiger partial charge >= 0.3 is 0 Å². The maximum absolute atomic E-state index is 12.8. The monoisotopic (exact) mass is 391 g/mol. The molecule has 0 fully saturated rings. The van der Waals surface area contributed by atoms with E-state index in [1.54, 1.807) is 11.8 Å². The van der Waals surface area contributed by atoms with Crippen LogP contribution < -0.4 is 21.7 Å². The van der Waals surface area contributed by atoms with Crippen molar-refractivity contribution in [1.82, 2.24) is 5.32 Å². The fourth-order valence-electron chi connectivity index (χ4n) is 2.89. The Morgan fingerprint density at radius 1 is 1.19 bits per heavy atom. The Morgan fingerprint density at radius 2 is 1.93 bits per heavy atom. The molecule has 5 N–H and O–H groups in total. The SMILES string of the molecule is CNc1ccc(C(=O)NC2=NC(C)C(C)S2)c(NCCCCCCCN)c1. The normalized spacial score (nSPS) is 18.9. The third kappa shape index (κ3) is 6.74. The molecule has 1 amide bonds. The third-order valence-corrected chi connectivity index (χ3v) is 5.96. The van der Waals surface area contributed by atoms with E-state index >= 15 is 0 Å². The number of anilines is 2. The molecule has 1 aromatic rings. The van der Waals surface area contributed by atoms with Gasteiger partial charge in [0.25, 0.3) is 5.91 Å². The van der Waals surface area contributed by atoms with Gasteiger partial charge in [-0.3, -0.25) is 9.79 Å². The highest BCUT2D eigenvalue weighted by molar-refractivity contribution is 8.14. The van der Waals surface area contributed by atoms with Crippen molar-refractivity contribution < 1.29 is 4.79 Å². The zero-order valence-electron chi connectivity index (χ0n) is 16.7. The van der Waals surface area contributed by atoms with Gasteiger partial charge < -0.3 is 21.7 Å². The number of unbranched alkanes of at least 4 members (excludes halogenated alkanes) is 4. The quantitative estimate of drug-likeness (QED) is 0.457. The second kappa shape index (κ2) is 11.2. The molecule has 27 heavy (non-hydrogen) atoms. The summed E-state index contributed by atoms with van der Waals surface area (Å²) in [4.78, 5) is 17.3. The lowest BCUT2D eigenvalue weighted by molar-refractivity contribution is 0.0978. The van der Waals surface area contributed by atoms with Gasteiger partial charge in [0.1, 0.15) is 0 Å². The van der Waals surface area contributed by atoms with Gasteiger partial charge in [0.15, 0.2) is 5.17 Å². The van der Waals surface area contributed by atoms with E-state index in [1.165, 1.54) is 19.3 Å². The smallest absolute Gasteiger partial charge is 0.259 e. The number of hydrogen-bond acceptors (Lipinski definition) is 6. The van der Waals surface area contributed by atoms with Crippen LogP contribution in [0.3, 0.4) is 0 Å². The largest absolute Gasteiger partial charge is 0.388 e. The van der Waals surface area contributed by atoms with Gasteiger partial charge in [-0.1, -0.05) is 37.9 Å². The number of nitrogens with two attached hydrogens (primary N) is 1. The molecule has 1 aromatic carbocycles. The summed E-state index contributed by atoms with van der Waals surface area (Å²) < 4.78 is 0. The highest BCUT2D eigenvalue weighted by Crippen LogP contribution is 2.26. The number of rotatable bonds is 10. The lowest BCUT2D eigenvalue weighted by Crippen LogP contribution is -2.28.